The van der Waals surface area contributed by atoms with E-state index in [9.17, 15) is 8.42 Å². The lowest BCUT2D eigenvalue weighted by Crippen LogP contribution is -2.29. The summed E-state index contributed by atoms with van der Waals surface area (Å²) in [5.74, 6) is 0. The SMILES string of the molecule is CNCc1c(S(=O)(=O)NC(C)c2ccccn2)n[nH]c1C. The summed E-state index contributed by atoms with van der Waals surface area (Å²) in [7, 11) is -1.96. The average Bonchev–Trinajstić information content (AvgIpc) is 2.82. The van der Waals surface area contributed by atoms with Crippen molar-refractivity contribution < 1.29 is 8.42 Å². The normalized spacial score (nSPS) is 13.3. The van der Waals surface area contributed by atoms with Crippen LogP contribution in [0.15, 0.2) is 29.4 Å². The quantitative estimate of drug-likeness (QED) is 0.735. The Bertz CT molecular complexity index is 697. The maximum atomic E-state index is 12.5. The molecule has 0 radical (unpaired) electrons. The van der Waals surface area contributed by atoms with Gasteiger partial charge in [-0.25, -0.2) is 13.1 Å². The van der Waals surface area contributed by atoms with Crippen LogP contribution in [0.4, 0.5) is 0 Å². The molecule has 0 aliphatic heterocycles. The molecule has 1 atom stereocenters. The molecule has 0 amide bonds. The highest BCUT2D eigenvalue weighted by atomic mass is 32.2. The molecule has 2 heterocycles. The molecule has 0 spiro atoms. The van der Waals surface area contributed by atoms with Gasteiger partial charge >= 0.3 is 0 Å². The molecule has 2 aromatic heterocycles. The Morgan fingerprint density at radius 2 is 2.14 bits per heavy atom. The fraction of sp³-hybridized carbons (Fsp3) is 0.385. The third kappa shape index (κ3) is 3.46. The molecule has 0 aliphatic rings. The second kappa shape index (κ2) is 6.33. The average molecular weight is 309 g/mol. The molecule has 0 saturated heterocycles. The lowest BCUT2D eigenvalue weighted by atomic mass is 10.2. The van der Waals surface area contributed by atoms with Crippen molar-refractivity contribution in [1.82, 2.24) is 25.2 Å². The summed E-state index contributed by atoms with van der Waals surface area (Å²) >= 11 is 0. The van der Waals surface area contributed by atoms with Gasteiger partial charge in [0.25, 0.3) is 10.0 Å². The van der Waals surface area contributed by atoms with E-state index >= 15 is 0 Å². The van der Waals surface area contributed by atoms with Gasteiger partial charge in [-0.3, -0.25) is 10.1 Å². The Balaban J connectivity index is 2.27. The van der Waals surface area contributed by atoms with Gasteiger partial charge in [-0.2, -0.15) is 5.10 Å². The van der Waals surface area contributed by atoms with Crippen molar-refractivity contribution >= 4 is 10.0 Å². The lowest BCUT2D eigenvalue weighted by molar-refractivity contribution is 0.558. The van der Waals surface area contributed by atoms with Gasteiger partial charge in [-0.1, -0.05) is 6.07 Å². The molecule has 1 unspecified atom stereocenters. The van der Waals surface area contributed by atoms with Crippen LogP contribution in [0.2, 0.25) is 0 Å². The van der Waals surface area contributed by atoms with Crippen LogP contribution in [0, 0.1) is 6.92 Å². The zero-order valence-electron chi connectivity index (χ0n) is 12.2. The highest BCUT2D eigenvalue weighted by Gasteiger charge is 2.25. The first-order chi connectivity index (χ1) is 9.95. The van der Waals surface area contributed by atoms with Gasteiger partial charge in [0.15, 0.2) is 5.03 Å². The number of hydrogen-bond acceptors (Lipinski definition) is 5. The Labute approximate surface area is 124 Å². The Kier molecular flexibility index (Phi) is 4.71. The van der Waals surface area contributed by atoms with Crippen LogP contribution >= 0.6 is 0 Å². The maximum Gasteiger partial charge on any atom is 0.260 e. The largest absolute Gasteiger partial charge is 0.316 e. The minimum atomic E-state index is -3.71. The van der Waals surface area contributed by atoms with Crippen molar-refractivity contribution in [2.45, 2.75) is 31.5 Å². The first-order valence-electron chi connectivity index (χ1n) is 6.57. The molecule has 7 nitrogen and oxygen atoms in total. The summed E-state index contributed by atoms with van der Waals surface area (Å²) < 4.78 is 27.6. The number of sulfonamides is 1. The number of H-pyrrole nitrogens is 1. The number of rotatable bonds is 6. The van der Waals surface area contributed by atoms with Crippen LogP contribution in [0.3, 0.4) is 0 Å². The molecule has 0 bridgehead atoms. The lowest BCUT2D eigenvalue weighted by Gasteiger charge is -2.13. The highest BCUT2D eigenvalue weighted by Crippen LogP contribution is 2.19. The van der Waals surface area contributed by atoms with Crippen LogP contribution in [0.1, 0.15) is 29.9 Å². The van der Waals surface area contributed by atoms with Crippen LogP contribution in [-0.4, -0.2) is 30.6 Å². The van der Waals surface area contributed by atoms with Gasteiger partial charge in [0, 0.05) is 24.0 Å². The third-order valence-electron chi connectivity index (χ3n) is 3.11. The number of nitrogens with zero attached hydrogens (tertiary/aromatic N) is 2. The van der Waals surface area contributed by atoms with E-state index < -0.39 is 16.1 Å². The van der Waals surface area contributed by atoms with Crippen molar-refractivity contribution in [3.05, 3.63) is 41.3 Å². The molecule has 0 aliphatic carbocycles. The zero-order chi connectivity index (χ0) is 15.5. The third-order valence-corrected chi connectivity index (χ3v) is 4.62. The summed E-state index contributed by atoms with van der Waals surface area (Å²) in [5, 5.41) is 9.60. The van der Waals surface area contributed by atoms with Crippen molar-refractivity contribution in [2.75, 3.05) is 7.05 Å². The molecule has 8 heteroatoms. The zero-order valence-corrected chi connectivity index (χ0v) is 13.0. The van der Waals surface area contributed by atoms with Gasteiger partial charge in [0.05, 0.1) is 11.7 Å². The summed E-state index contributed by atoms with van der Waals surface area (Å²) in [5.41, 5.74) is 2.02. The highest BCUT2D eigenvalue weighted by molar-refractivity contribution is 7.89. The Hall–Kier alpha value is -1.77. The molecule has 3 N–H and O–H groups in total. The fourth-order valence-corrected chi connectivity index (χ4v) is 3.43. The predicted molar refractivity (Wildman–Crippen MR) is 79.1 cm³/mol. The predicted octanol–water partition coefficient (Wildman–Crippen LogP) is 0.872. The first kappa shape index (κ1) is 15.6. The van der Waals surface area contributed by atoms with E-state index in [0.717, 1.165) is 5.69 Å². The van der Waals surface area contributed by atoms with Crippen LogP contribution in [0.25, 0.3) is 0 Å². The topological polar surface area (TPSA) is 99.8 Å². The van der Waals surface area contributed by atoms with Gasteiger partial charge < -0.3 is 5.32 Å². The van der Waals surface area contributed by atoms with Crippen LogP contribution in [0.5, 0.6) is 0 Å². The standard InChI is InChI=1S/C13H19N5O2S/c1-9-11(8-14-3)13(17-16-9)21(19,20)18-10(2)12-6-4-5-7-15-12/h4-7,10,14,18H,8H2,1-3H3,(H,16,17). The summed E-state index contributed by atoms with van der Waals surface area (Å²) in [6, 6.07) is 4.94. The second-order valence-corrected chi connectivity index (χ2v) is 6.39. The Morgan fingerprint density at radius 1 is 1.38 bits per heavy atom. The van der Waals surface area contributed by atoms with Crippen LogP contribution < -0.4 is 10.0 Å². The van der Waals surface area contributed by atoms with E-state index in [1.54, 1.807) is 39.2 Å². The van der Waals surface area contributed by atoms with Gasteiger partial charge in [-0.15, -0.1) is 0 Å². The molecule has 114 valence electrons. The molecular formula is C13H19N5O2S. The van der Waals surface area contributed by atoms with E-state index in [1.807, 2.05) is 6.07 Å². The van der Waals surface area contributed by atoms with Crippen LogP contribution in [-0.2, 0) is 16.6 Å². The summed E-state index contributed by atoms with van der Waals surface area (Å²) in [4.78, 5) is 4.15. The molecule has 2 aromatic rings. The smallest absolute Gasteiger partial charge is 0.260 e. The van der Waals surface area contributed by atoms with E-state index in [2.05, 4.69) is 25.2 Å². The van der Waals surface area contributed by atoms with Crippen molar-refractivity contribution in [1.29, 1.82) is 0 Å². The van der Waals surface area contributed by atoms with Gasteiger partial charge in [-0.05, 0) is 33.0 Å². The summed E-state index contributed by atoms with van der Waals surface area (Å²) in [6.45, 7) is 3.97. The molecule has 0 aromatic carbocycles. The first-order valence-corrected chi connectivity index (χ1v) is 8.05. The molecule has 0 fully saturated rings. The Morgan fingerprint density at radius 3 is 2.76 bits per heavy atom. The van der Waals surface area contributed by atoms with Gasteiger partial charge in [0.1, 0.15) is 0 Å². The number of nitrogens with one attached hydrogen (secondary N) is 3. The minimum absolute atomic E-state index is 0.0251. The van der Waals surface area contributed by atoms with Crippen molar-refractivity contribution in [3.8, 4) is 0 Å². The monoisotopic (exact) mass is 309 g/mol. The molecular weight excluding hydrogens is 290 g/mol. The van der Waals surface area contributed by atoms with Crippen molar-refractivity contribution in [2.24, 2.45) is 0 Å². The number of aromatic amines is 1. The molecule has 21 heavy (non-hydrogen) atoms. The second-order valence-electron chi connectivity index (χ2n) is 4.76. The minimum Gasteiger partial charge on any atom is -0.316 e. The van der Waals surface area contributed by atoms with Gasteiger partial charge in [0.2, 0.25) is 0 Å². The van der Waals surface area contributed by atoms with E-state index in [-0.39, 0.29) is 5.03 Å². The molecule has 0 saturated carbocycles. The number of hydrogen-bond donors (Lipinski definition) is 3. The number of pyridine rings is 1. The van der Waals surface area contributed by atoms with Crippen molar-refractivity contribution in [3.63, 3.8) is 0 Å². The van der Waals surface area contributed by atoms with E-state index in [1.165, 1.54) is 0 Å². The number of aromatic nitrogens is 3. The number of aryl methyl sites for hydroxylation is 1. The molecule has 2 rings (SSSR count). The maximum absolute atomic E-state index is 12.5. The fourth-order valence-electron chi connectivity index (χ4n) is 2.02. The van der Waals surface area contributed by atoms with E-state index in [4.69, 9.17) is 0 Å². The summed E-state index contributed by atoms with van der Waals surface area (Å²) in [6.07, 6.45) is 1.63. The van der Waals surface area contributed by atoms with E-state index in [0.29, 0.717) is 17.8 Å².